The monoisotopic (exact) mass is 387 g/mol. The number of benzene rings is 3. The maximum Gasteiger partial charge on any atom is 0.223 e. The van der Waals surface area contributed by atoms with Crippen LogP contribution in [0.2, 0.25) is 0 Å². The number of fused-ring (bicyclic) bond motifs is 1. The van der Waals surface area contributed by atoms with Gasteiger partial charge in [0.15, 0.2) is 17.6 Å². The van der Waals surface area contributed by atoms with Crippen molar-refractivity contribution < 1.29 is 14.3 Å². The van der Waals surface area contributed by atoms with Gasteiger partial charge in [0.05, 0.1) is 6.54 Å². The summed E-state index contributed by atoms with van der Waals surface area (Å²) >= 11 is 0. The van der Waals surface area contributed by atoms with Crippen LogP contribution in [0, 0.1) is 0 Å². The molecule has 1 amide bonds. The minimum Gasteiger partial charge on any atom is -0.486 e. The molecular weight excluding hydrogens is 362 g/mol. The summed E-state index contributed by atoms with van der Waals surface area (Å²) < 4.78 is 11.8. The zero-order valence-corrected chi connectivity index (χ0v) is 16.5. The molecule has 1 aliphatic rings. The van der Waals surface area contributed by atoms with E-state index in [4.69, 9.17) is 9.47 Å². The Bertz CT molecular complexity index is 903. The fraction of sp³-hybridized carbons (Fsp3) is 0.240. The van der Waals surface area contributed by atoms with Gasteiger partial charge in [-0.15, -0.1) is 0 Å². The summed E-state index contributed by atoms with van der Waals surface area (Å²) in [5, 5.41) is 0. The van der Waals surface area contributed by atoms with Crippen LogP contribution in [-0.4, -0.2) is 37.1 Å². The van der Waals surface area contributed by atoms with Crippen LogP contribution >= 0.6 is 0 Å². The van der Waals surface area contributed by atoms with Crippen LogP contribution in [-0.2, 0) is 4.79 Å². The minimum absolute atomic E-state index is 0.0246. The first-order valence-electron chi connectivity index (χ1n) is 9.93. The molecule has 1 aliphatic heterocycles. The van der Waals surface area contributed by atoms with E-state index < -0.39 is 0 Å². The third-order valence-electron chi connectivity index (χ3n) is 5.25. The van der Waals surface area contributed by atoms with Gasteiger partial charge in [-0.05, 0) is 23.3 Å². The molecule has 0 unspecified atom stereocenters. The second kappa shape index (κ2) is 8.82. The lowest BCUT2D eigenvalue weighted by Crippen LogP contribution is -2.42. The number of likely N-dealkylation sites (N-methyl/N-ethyl adjacent to an activating group) is 1. The zero-order valence-electron chi connectivity index (χ0n) is 16.5. The maximum atomic E-state index is 13.0. The molecule has 0 spiro atoms. The maximum absolute atomic E-state index is 13.0. The molecule has 0 aliphatic carbocycles. The van der Waals surface area contributed by atoms with Crippen molar-refractivity contribution >= 4 is 5.91 Å². The average Bonchev–Trinajstić information content (AvgIpc) is 2.78. The molecule has 0 saturated heterocycles. The standard InChI is InChI=1S/C25H25NO3/c1-26(17-21-18-28-23-14-8-9-15-24(23)29-21)25(27)16-22(19-10-4-2-5-11-19)20-12-6-3-7-13-20/h2-15,21-22H,16-18H2,1H3/t21-/m0/s1. The van der Waals surface area contributed by atoms with Crippen molar-refractivity contribution in [3.63, 3.8) is 0 Å². The van der Waals surface area contributed by atoms with E-state index >= 15 is 0 Å². The molecular formula is C25H25NO3. The minimum atomic E-state index is -0.175. The lowest BCUT2D eigenvalue weighted by atomic mass is 9.88. The van der Waals surface area contributed by atoms with Crippen molar-refractivity contribution in [2.75, 3.05) is 20.2 Å². The largest absolute Gasteiger partial charge is 0.486 e. The lowest BCUT2D eigenvalue weighted by molar-refractivity contribution is -0.131. The van der Waals surface area contributed by atoms with E-state index in [1.807, 2.05) is 67.7 Å². The van der Waals surface area contributed by atoms with Gasteiger partial charge in [0.1, 0.15) is 6.61 Å². The van der Waals surface area contributed by atoms with Crippen LogP contribution in [0.15, 0.2) is 84.9 Å². The van der Waals surface area contributed by atoms with Gasteiger partial charge in [0, 0.05) is 19.4 Å². The Balaban J connectivity index is 1.44. The Morgan fingerprint density at radius 3 is 2.07 bits per heavy atom. The van der Waals surface area contributed by atoms with Crippen molar-refractivity contribution in [1.82, 2.24) is 4.90 Å². The van der Waals surface area contributed by atoms with Gasteiger partial charge >= 0.3 is 0 Å². The van der Waals surface area contributed by atoms with Crippen molar-refractivity contribution in [2.24, 2.45) is 0 Å². The smallest absolute Gasteiger partial charge is 0.223 e. The molecule has 0 N–H and O–H groups in total. The molecule has 0 radical (unpaired) electrons. The molecule has 1 atom stereocenters. The molecule has 0 aromatic heterocycles. The molecule has 0 bridgehead atoms. The van der Waals surface area contributed by atoms with Crippen molar-refractivity contribution in [3.8, 4) is 11.5 Å². The summed E-state index contributed by atoms with van der Waals surface area (Å²) in [6.07, 6.45) is 0.236. The summed E-state index contributed by atoms with van der Waals surface area (Å²) in [6, 6.07) is 28.0. The number of amides is 1. The summed E-state index contributed by atoms with van der Waals surface area (Å²) in [7, 11) is 1.83. The van der Waals surface area contributed by atoms with Crippen molar-refractivity contribution in [1.29, 1.82) is 0 Å². The number of carbonyl (C=O) groups excluding carboxylic acids is 1. The molecule has 4 heteroatoms. The number of carbonyl (C=O) groups is 1. The van der Waals surface area contributed by atoms with Crippen molar-refractivity contribution in [2.45, 2.75) is 18.4 Å². The Morgan fingerprint density at radius 2 is 1.45 bits per heavy atom. The molecule has 3 aromatic carbocycles. The number of nitrogens with zero attached hydrogens (tertiary/aromatic N) is 1. The Kier molecular flexibility index (Phi) is 5.80. The highest BCUT2D eigenvalue weighted by molar-refractivity contribution is 5.77. The van der Waals surface area contributed by atoms with Crippen LogP contribution in [0.3, 0.4) is 0 Å². The Morgan fingerprint density at radius 1 is 0.897 bits per heavy atom. The Hall–Kier alpha value is -3.27. The zero-order chi connectivity index (χ0) is 20.1. The van der Waals surface area contributed by atoms with E-state index in [9.17, 15) is 4.79 Å². The Labute approximate surface area is 171 Å². The van der Waals surface area contributed by atoms with Gasteiger partial charge < -0.3 is 14.4 Å². The van der Waals surface area contributed by atoms with Crippen LogP contribution in [0.4, 0.5) is 0 Å². The van der Waals surface area contributed by atoms with E-state index in [-0.39, 0.29) is 17.9 Å². The van der Waals surface area contributed by atoms with Gasteiger partial charge in [-0.1, -0.05) is 72.8 Å². The van der Waals surface area contributed by atoms with Crippen LogP contribution in [0.1, 0.15) is 23.5 Å². The third kappa shape index (κ3) is 4.60. The molecule has 3 aromatic rings. The number of hydrogen-bond donors (Lipinski definition) is 0. The van der Waals surface area contributed by atoms with E-state index in [0.29, 0.717) is 19.6 Å². The van der Waals surface area contributed by atoms with Crippen LogP contribution < -0.4 is 9.47 Å². The van der Waals surface area contributed by atoms with E-state index in [0.717, 1.165) is 22.6 Å². The second-order valence-electron chi connectivity index (χ2n) is 7.35. The van der Waals surface area contributed by atoms with Crippen molar-refractivity contribution in [3.05, 3.63) is 96.1 Å². The molecule has 0 saturated carbocycles. The summed E-state index contributed by atoms with van der Waals surface area (Å²) in [6.45, 7) is 0.929. The second-order valence-corrected chi connectivity index (χ2v) is 7.35. The van der Waals surface area contributed by atoms with Gasteiger partial charge in [0.25, 0.3) is 0 Å². The third-order valence-corrected chi connectivity index (χ3v) is 5.25. The van der Waals surface area contributed by atoms with Gasteiger partial charge in [-0.2, -0.15) is 0 Å². The number of para-hydroxylation sites is 2. The molecule has 4 rings (SSSR count). The summed E-state index contributed by atoms with van der Waals surface area (Å²) in [5.41, 5.74) is 2.29. The first-order chi connectivity index (χ1) is 14.2. The van der Waals surface area contributed by atoms with Crippen LogP contribution in [0.25, 0.3) is 0 Å². The fourth-order valence-corrected chi connectivity index (χ4v) is 3.69. The highest BCUT2D eigenvalue weighted by Gasteiger charge is 2.25. The average molecular weight is 387 g/mol. The van der Waals surface area contributed by atoms with Crippen LogP contribution in [0.5, 0.6) is 11.5 Å². The topological polar surface area (TPSA) is 38.8 Å². The highest BCUT2D eigenvalue weighted by atomic mass is 16.6. The number of ether oxygens (including phenoxy) is 2. The van der Waals surface area contributed by atoms with E-state index in [1.165, 1.54) is 0 Å². The van der Waals surface area contributed by atoms with E-state index in [1.54, 1.807) is 4.90 Å². The van der Waals surface area contributed by atoms with Gasteiger partial charge in [-0.3, -0.25) is 4.79 Å². The highest BCUT2D eigenvalue weighted by Crippen LogP contribution is 2.31. The first-order valence-corrected chi connectivity index (χ1v) is 9.93. The predicted molar refractivity (Wildman–Crippen MR) is 113 cm³/mol. The molecule has 0 fully saturated rings. The molecule has 1 heterocycles. The summed E-state index contributed by atoms with van der Waals surface area (Å²) in [5.74, 6) is 1.60. The van der Waals surface area contributed by atoms with E-state index in [2.05, 4.69) is 24.3 Å². The SMILES string of the molecule is CN(C[C@H]1COc2ccccc2O1)C(=O)CC(c1ccccc1)c1ccccc1. The molecule has 148 valence electrons. The molecule has 29 heavy (non-hydrogen) atoms. The first kappa shape index (κ1) is 19.1. The lowest BCUT2D eigenvalue weighted by Gasteiger charge is -2.30. The summed E-state index contributed by atoms with van der Waals surface area (Å²) in [4.78, 5) is 14.8. The molecule has 4 nitrogen and oxygen atoms in total. The normalized spacial score (nSPS) is 15.2. The fourth-order valence-electron chi connectivity index (χ4n) is 3.69. The quantitative estimate of drug-likeness (QED) is 0.625. The number of rotatable bonds is 6. The van der Waals surface area contributed by atoms with Gasteiger partial charge in [0.2, 0.25) is 5.91 Å². The predicted octanol–water partition coefficient (Wildman–Crippen LogP) is 4.51. The van der Waals surface area contributed by atoms with Gasteiger partial charge in [-0.25, -0.2) is 0 Å². The number of hydrogen-bond acceptors (Lipinski definition) is 3.